The number of nitriles is 2. The SMILES string of the molecule is CC1=Nc2ccc(S(=O)(=O)Nc3ccccc3)cc2C(=C(C#N)C#N)N1c1c(Cl)cc([N+](=O)[O-])cc1Cl. The summed E-state index contributed by atoms with van der Waals surface area (Å²) < 4.78 is 28.7. The van der Waals surface area contributed by atoms with E-state index in [4.69, 9.17) is 23.2 Å². The van der Waals surface area contributed by atoms with Crippen LogP contribution in [0.1, 0.15) is 12.5 Å². The summed E-state index contributed by atoms with van der Waals surface area (Å²) in [5.74, 6) is 0.237. The first-order valence-corrected chi connectivity index (χ1v) is 12.6. The van der Waals surface area contributed by atoms with Crippen molar-refractivity contribution >= 4 is 67.5 Å². The van der Waals surface area contributed by atoms with Crippen molar-refractivity contribution in [2.24, 2.45) is 4.99 Å². The Morgan fingerprint density at radius 3 is 2.24 bits per heavy atom. The van der Waals surface area contributed by atoms with E-state index >= 15 is 0 Å². The summed E-state index contributed by atoms with van der Waals surface area (Å²) in [4.78, 5) is 16.2. The first kappa shape index (κ1) is 25.7. The van der Waals surface area contributed by atoms with E-state index < -0.39 is 14.9 Å². The fourth-order valence-corrected chi connectivity index (χ4v) is 5.45. The number of nitro benzene ring substituents is 1. The molecule has 3 aromatic rings. The highest BCUT2D eigenvalue weighted by Gasteiger charge is 2.32. The van der Waals surface area contributed by atoms with E-state index in [-0.39, 0.29) is 49.0 Å². The van der Waals surface area contributed by atoms with Gasteiger partial charge in [-0.1, -0.05) is 41.4 Å². The number of fused-ring (bicyclic) bond motifs is 1. The Bertz CT molecular complexity index is 1670. The molecule has 0 unspecified atom stereocenters. The van der Waals surface area contributed by atoms with Crippen molar-refractivity contribution < 1.29 is 13.3 Å². The number of anilines is 2. The Morgan fingerprint density at radius 2 is 1.68 bits per heavy atom. The predicted octanol–water partition coefficient (Wildman–Crippen LogP) is 6.03. The van der Waals surface area contributed by atoms with Gasteiger partial charge in [-0.15, -0.1) is 0 Å². The van der Waals surface area contributed by atoms with Crippen LogP contribution in [0.5, 0.6) is 0 Å². The second-order valence-corrected chi connectivity index (χ2v) is 10.1. The molecule has 0 spiro atoms. The number of nitro groups is 1. The van der Waals surface area contributed by atoms with Gasteiger partial charge in [-0.3, -0.25) is 19.7 Å². The monoisotopic (exact) mass is 552 g/mol. The molecule has 3 aromatic carbocycles. The van der Waals surface area contributed by atoms with Crippen molar-refractivity contribution in [3.05, 3.63) is 92.0 Å². The van der Waals surface area contributed by atoms with Crippen LogP contribution in [-0.2, 0) is 10.0 Å². The number of nitrogens with zero attached hydrogens (tertiary/aromatic N) is 5. The minimum absolute atomic E-state index is 0.0260. The van der Waals surface area contributed by atoms with Crippen LogP contribution >= 0.6 is 23.2 Å². The third-order valence-corrected chi connectivity index (χ3v) is 7.24. The molecule has 10 nitrogen and oxygen atoms in total. The molecule has 4 rings (SSSR count). The summed E-state index contributed by atoms with van der Waals surface area (Å²) in [7, 11) is -4.07. The minimum Gasteiger partial charge on any atom is -0.293 e. The van der Waals surface area contributed by atoms with Gasteiger partial charge in [0.1, 0.15) is 18.0 Å². The number of para-hydroxylation sites is 1. The first-order valence-electron chi connectivity index (χ1n) is 10.3. The molecule has 1 aliphatic rings. The third-order valence-electron chi connectivity index (χ3n) is 5.29. The lowest BCUT2D eigenvalue weighted by Crippen LogP contribution is -2.31. The van der Waals surface area contributed by atoms with Gasteiger partial charge in [0.15, 0.2) is 5.57 Å². The summed E-state index contributed by atoms with van der Waals surface area (Å²) in [6, 6.07) is 18.1. The van der Waals surface area contributed by atoms with Gasteiger partial charge in [0, 0.05) is 23.4 Å². The standard InChI is InChI=1S/C24H14Cl2N6O4S/c1-14-29-22-8-7-18(37(35,36)30-16-5-3-2-4-6-16)11-19(22)23(15(12-27)13-28)31(14)24-20(25)9-17(32(33)34)10-21(24)26/h2-11,30H,1H3. The number of benzene rings is 3. The number of amidine groups is 1. The van der Waals surface area contributed by atoms with Crippen LogP contribution in [0.25, 0.3) is 5.70 Å². The molecule has 0 saturated carbocycles. The highest BCUT2D eigenvalue weighted by molar-refractivity contribution is 7.92. The number of halogens is 2. The molecule has 1 heterocycles. The maximum Gasteiger partial charge on any atom is 0.272 e. The molecule has 184 valence electrons. The minimum atomic E-state index is -4.07. The molecule has 0 aromatic heterocycles. The van der Waals surface area contributed by atoms with Crippen LogP contribution in [0.3, 0.4) is 0 Å². The van der Waals surface area contributed by atoms with E-state index in [1.807, 2.05) is 12.1 Å². The lowest BCUT2D eigenvalue weighted by molar-refractivity contribution is -0.384. The normalized spacial score (nSPS) is 12.6. The van der Waals surface area contributed by atoms with Crippen LogP contribution in [0, 0.1) is 32.8 Å². The van der Waals surface area contributed by atoms with Gasteiger partial charge in [-0.25, -0.2) is 13.4 Å². The maximum atomic E-state index is 13.1. The van der Waals surface area contributed by atoms with Crippen LogP contribution in [-0.4, -0.2) is 19.2 Å². The Labute approximate surface area is 221 Å². The first-order chi connectivity index (χ1) is 17.6. The molecule has 0 atom stereocenters. The number of nitrogens with one attached hydrogen (secondary N) is 1. The molecule has 1 N–H and O–H groups in total. The zero-order chi connectivity index (χ0) is 26.9. The van der Waals surface area contributed by atoms with E-state index in [9.17, 15) is 29.1 Å². The molecule has 0 saturated heterocycles. The van der Waals surface area contributed by atoms with Crippen LogP contribution in [0.15, 0.2) is 76.1 Å². The summed E-state index contributed by atoms with van der Waals surface area (Å²) in [6.45, 7) is 1.56. The molecule has 1 aliphatic heterocycles. The molecule has 0 radical (unpaired) electrons. The predicted molar refractivity (Wildman–Crippen MR) is 140 cm³/mol. The number of hydrogen-bond acceptors (Lipinski definition) is 8. The van der Waals surface area contributed by atoms with E-state index in [1.54, 1.807) is 37.3 Å². The molecule has 0 fully saturated rings. The zero-order valence-corrected chi connectivity index (χ0v) is 21.1. The summed E-state index contributed by atoms with van der Waals surface area (Å²) in [5.41, 5.74) is 0.0377. The van der Waals surface area contributed by atoms with Gasteiger partial charge in [-0.2, -0.15) is 10.5 Å². The van der Waals surface area contributed by atoms with E-state index in [2.05, 4.69) is 9.71 Å². The second kappa shape index (κ2) is 9.91. The van der Waals surface area contributed by atoms with Crippen LogP contribution in [0.2, 0.25) is 10.0 Å². The molecule has 0 amide bonds. The fraction of sp³-hybridized carbons (Fsp3) is 0.0417. The lowest BCUT2D eigenvalue weighted by Gasteiger charge is -2.33. The average Bonchev–Trinajstić information content (AvgIpc) is 2.85. The van der Waals surface area contributed by atoms with Crippen LogP contribution < -0.4 is 9.62 Å². The number of non-ortho nitro benzene ring substituents is 1. The average molecular weight is 553 g/mol. The smallest absolute Gasteiger partial charge is 0.272 e. The largest absolute Gasteiger partial charge is 0.293 e. The topological polar surface area (TPSA) is 152 Å². The van der Waals surface area contributed by atoms with E-state index in [0.717, 1.165) is 12.1 Å². The van der Waals surface area contributed by atoms with Crippen molar-refractivity contribution in [2.75, 3.05) is 9.62 Å². The third kappa shape index (κ3) is 4.84. The highest BCUT2D eigenvalue weighted by atomic mass is 35.5. The zero-order valence-electron chi connectivity index (χ0n) is 18.8. The number of hydrogen-bond donors (Lipinski definition) is 1. The summed E-state index contributed by atoms with van der Waals surface area (Å²) in [6.07, 6.45) is 0. The van der Waals surface area contributed by atoms with Crippen molar-refractivity contribution in [1.29, 1.82) is 10.5 Å². The summed E-state index contributed by atoms with van der Waals surface area (Å²) in [5, 5.41) is 30.5. The Morgan fingerprint density at radius 1 is 1.05 bits per heavy atom. The molecule has 0 bridgehead atoms. The van der Waals surface area contributed by atoms with Gasteiger partial charge < -0.3 is 0 Å². The highest BCUT2D eigenvalue weighted by Crippen LogP contribution is 2.46. The number of aliphatic imine (C=N–C) groups is 1. The summed E-state index contributed by atoms with van der Waals surface area (Å²) >= 11 is 12.8. The lowest BCUT2D eigenvalue weighted by atomic mass is 10.0. The maximum absolute atomic E-state index is 13.1. The Kier molecular flexibility index (Phi) is 6.88. The van der Waals surface area contributed by atoms with Crippen molar-refractivity contribution in [1.82, 2.24) is 0 Å². The molecule has 13 heteroatoms. The Hall–Kier alpha value is -4.42. The van der Waals surface area contributed by atoms with Gasteiger partial charge in [0.25, 0.3) is 15.7 Å². The fourth-order valence-electron chi connectivity index (χ4n) is 3.72. The Balaban J connectivity index is 1.94. The van der Waals surface area contributed by atoms with Crippen LogP contribution in [0.4, 0.5) is 22.7 Å². The molecule has 0 aliphatic carbocycles. The van der Waals surface area contributed by atoms with Gasteiger partial charge in [0.05, 0.1) is 36.9 Å². The molecule has 37 heavy (non-hydrogen) atoms. The number of rotatable bonds is 5. The number of allylic oxidation sites excluding steroid dienone is 1. The number of sulfonamides is 1. The van der Waals surface area contributed by atoms with Crippen molar-refractivity contribution in [2.45, 2.75) is 11.8 Å². The van der Waals surface area contributed by atoms with E-state index in [0.29, 0.717) is 11.4 Å². The van der Waals surface area contributed by atoms with Crippen molar-refractivity contribution in [3.63, 3.8) is 0 Å². The quantitative estimate of drug-likeness (QED) is 0.230. The van der Waals surface area contributed by atoms with Crippen molar-refractivity contribution in [3.8, 4) is 12.1 Å². The second-order valence-electron chi connectivity index (χ2n) is 7.61. The van der Waals surface area contributed by atoms with Gasteiger partial charge >= 0.3 is 0 Å². The van der Waals surface area contributed by atoms with Gasteiger partial charge in [-0.05, 0) is 37.3 Å². The van der Waals surface area contributed by atoms with E-state index in [1.165, 1.54) is 23.1 Å². The molecular weight excluding hydrogens is 539 g/mol. The van der Waals surface area contributed by atoms with Gasteiger partial charge in [0.2, 0.25) is 0 Å². The molecular formula is C24H14Cl2N6O4S.